The summed E-state index contributed by atoms with van der Waals surface area (Å²) in [4.78, 5) is 10.2. The molecule has 0 aromatic heterocycles. The van der Waals surface area contributed by atoms with E-state index in [1.54, 1.807) is 0 Å². The first kappa shape index (κ1) is 13.0. The highest BCUT2D eigenvalue weighted by molar-refractivity contribution is 5.85. The maximum atomic E-state index is 11.9. The van der Waals surface area contributed by atoms with E-state index >= 15 is 0 Å². The van der Waals surface area contributed by atoms with Gasteiger partial charge in [-0.25, -0.2) is 4.79 Å². The van der Waals surface area contributed by atoms with Crippen molar-refractivity contribution >= 4 is 5.97 Å². The molecule has 0 fully saturated rings. The third-order valence-electron chi connectivity index (χ3n) is 1.53. The molecule has 0 spiro atoms. The largest absolute Gasteiger partial charge is 0.478 e. The van der Waals surface area contributed by atoms with Crippen LogP contribution in [0.5, 0.6) is 0 Å². The lowest BCUT2D eigenvalue weighted by Gasteiger charge is -2.14. The van der Waals surface area contributed by atoms with Crippen LogP contribution in [0.25, 0.3) is 0 Å². The normalized spacial score (nSPS) is 15.4. The molecule has 0 saturated heterocycles. The Morgan fingerprint density at radius 1 is 1.57 bits per heavy atom. The van der Waals surface area contributed by atoms with Crippen LogP contribution in [0.3, 0.4) is 0 Å². The summed E-state index contributed by atoms with van der Waals surface area (Å²) in [6.07, 6.45) is -5.21. The fourth-order valence-corrected chi connectivity index (χ4v) is 0.499. The lowest BCUT2D eigenvalue weighted by Crippen LogP contribution is -2.28. The van der Waals surface area contributed by atoms with Crippen molar-refractivity contribution in [2.75, 3.05) is 6.61 Å². The quantitative estimate of drug-likeness (QED) is 0.725. The van der Waals surface area contributed by atoms with Crippen LogP contribution >= 0.6 is 0 Å². The van der Waals surface area contributed by atoms with Crippen molar-refractivity contribution in [1.29, 1.82) is 0 Å². The Hall–Kier alpha value is -1.04. The van der Waals surface area contributed by atoms with Crippen LogP contribution in [-0.2, 0) is 9.53 Å². The van der Waals surface area contributed by atoms with Crippen LogP contribution in [0.4, 0.5) is 13.2 Å². The van der Waals surface area contributed by atoms with Crippen molar-refractivity contribution in [2.45, 2.75) is 26.1 Å². The van der Waals surface area contributed by atoms with Crippen molar-refractivity contribution in [3.8, 4) is 0 Å². The summed E-state index contributed by atoms with van der Waals surface area (Å²) in [5, 5.41) is 8.36. The Balaban J connectivity index is 3.97. The minimum absolute atomic E-state index is 0.0422. The van der Waals surface area contributed by atoms with Crippen molar-refractivity contribution in [3.05, 3.63) is 11.6 Å². The van der Waals surface area contributed by atoms with Gasteiger partial charge in [0.2, 0.25) is 0 Å². The third-order valence-corrected chi connectivity index (χ3v) is 1.53. The fraction of sp³-hybridized carbons (Fsp3) is 0.625. The van der Waals surface area contributed by atoms with E-state index < -0.39 is 18.2 Å². The molecule has 6 heteroatoms. The predicted molar refractivity (Wildman–Crippen MR) is 42.9 cm³/mol. The summed E-state index contributed by atoms with van der Waals surface area (Å²) < 4.78 is 40.0. The molecule has 1 unspecified atom stereocenters. The van der Waals surface area contributed by atoms with Gasteiger partial charge in [-0.1, -0.05) is 0 Å². The van der Waals surface area contributed by atoms with Gasteiger partial charge in [0.05, 0.1) is 6.61 Å². The first-order valence-corrected chi connectivity index (χ1v) is 3.83. The van der Waals surface area contributed by atoms with E-state index in [2.05, 4.69) is 4.74 Å². The number of carboxylic acid groups (broad SMARTS) is 1. The van der Waals surface area contributed by atoms with E-state index in [0.717, 1.165) is 13.0 Å². The second-order valence-electron chi connectivity index (χ2n) is 2.71. The minimum atomic E-state index is -4.41. The molecule has 0 aromatic carbocycles. The molecule has 82 valence electrons. The Labute approximate surface area is 79.2 Å². The van der Waals surface area contributed by atoms with Crippen molar-refractivity contribution in [3.63, 3.8) is 0 Å². The average molecular weight is 212 g/mol. The van der Waals surface area contributed by atoms with Crippen molar-refractivity contribution in [2.24, 2.45) is 0 Å². The molecule has 0 rings (SSSR count). The van der Waals surface area contributed by atoms with Gasteiger partial charge in [-0.2, -0.15) is 13.2 Å². The van der Waals surface area contributed by atoms with Crippen molar-refractivity contribution in [1.82, 2.24) is 0 Å². The monoisotopic (exact) mass is 212 g/mol. The van der Waals surface area contributed by atoms with Gasteiger partial charge in [-0.05, 0) is 19.9 Å². The Bertz CT molecular complexity index is 232. The van der Waals surface area contributed by atoms with Crippen LogP contribution in [0.1, 0.15) is 13.8 Å². The molecule has 14 heavy (non-hydrogen) atoms. The summed E-state index contributed by atoms with van der Waals surface area (Å²) >= 11 is 0. The predicted octanol–water partition coefficient (Wildman–Crippen LogP) is 1.98. The van der Waals surface area contributed by atoms with E-state index in [0.29, 0.717) is 0 Å². The number of rotatable bonds is 4. The molecule has 0 saturated carbocycles. The molecule has 0 aliphatic rings. The summed E-state index contributed by atoms with van der Waals surface area (Å²) in [6, 6.07) is 0. The Morgan fingerprint density at radius 3 is 2.43 bits per heavy atom. The number of carboxylic acids is 1. The molecule has 0 aliphatic heterocycles. The van der Waals surface area contributed by atoms with Gasteiger partial charge in [0.1, 0.15) is 0 Å². The lowest BCUT2D eigenvalue weighted by atomic mass is 10.3. The smallest absolute Gasteiger partial charge is 0.414 e. The van der Waals surface area contributed by atoms with E-state index in [1.165, 1.54) is 6.92 Å². The highest BCUT2D eigenvalue weighted by Gasteiger charge is 2.36. The standard InChI is InChI=1S/C8H11F3O3/c1-5(7(12)13)3-4-14-6(2)8(9,10)11/h3,6H,4H2,1-2H3,(H,12,13). The van der Waals surface area contributed by atoms with Gasteiger partial charge in [0.15, 0.2) is 6.10 Å². The van der Waals surface area contributed by atoms with E-state index in [-0.39, 0.29) is 12.2 Å². The Kier molecular flexibility index (Phi) is 4.62. The number of halogens is 3. The number of aliphatic carboxylic acids is 1. The number of hydrogen-bond donors (Lipinski definition) is 1. The number of carbonyl (C=O) groups is 1. The first-order valence-electron chi connectivity index (χ1n) is 3.83. The molecule has 1 atom stereocenters. The van der Waals surface area contributed by atoms with Gasteiger partial charge in [0, 0.05) is 5.57 Å². The number of ether oxygens (including phenoxy) is 1. The van der Waals surface area contributed by atoms with Crippen LogP contribution in [0, 0.1) is 0 Å². The fourth-order valence-electron chi connectivity index (χ4n) is 0.499. The maximum Gasteiger partial charge on any atom is 0.414 e. The zero-order valence-electron chi connectivity index (χ0n) is 7.76. The van der Waals surface area contributed by atoms with Gasteiger partial charge in [-0.15, -0.1) is 0 Å². The van der Waals surface area contributed by atoms with E-state index in [1.807, 2.05) is 0 Å². The van der Waals surface area contributed by atoms with Gasteiger partial charge in [0.25, 0.3) is 0 Å². The topological polar surface area (TPSA) is 46.5 Å². The van der Waals surface area contributed by atoms with Crippen molar-refractivity contribution < 1.29 is 27.8 Å². The number of alkyl halides is 3. The van der Waals surface area contributed by atoms with E-state index in [9.17, 15) is 18.0 Å². The van der Waals surface area contributed by atoms with Crippen LogP contribution < -0.4 is 0 Å². The zero-order valence-corrected chi connectivity index (χ0v) is 7.76. The third kappa shape index (κ3) is 4.86. The minimum Gasteiger partial charge on any atom is -0.478 e. The van der Waals surface area contributed by atoms with Gasteiger partial charge >= 0.3 is 12.1 Å². The molecule has 1 N–H and O–H groups in total. The van der Waals surface area contributed by atoms with E-state index in [4.69, 9.17) is 5.11 Å². The number of hydrogen-bond acceptors (Lipinski definition) is 2. The summed E-state index contributed by atoms with van der Waals surface area (Å²) in [6.45, 7) is 1.78. The SMILES string of the molecule is CC(=CCOC(C)C(F)(F)F)C(=O)O. The lowest BCUT2D eigenvalue weighted by molar-refractivity contribution is -0.211. The second kappa shape index (κ2) is 4.99. The highest BCUT2D eigenvalue weighted by atomic mass is 19.4. The van der Waals surface area contributed by atoms with Gasteiger partial charge in [-0.3, -0.25) is 0 Å². The average Bonchev–Trinajstić information content (AvgIpc) is 2.01. The van der Waals surface area contributed by atoms with Gasteiger partial charge < -0.3 is 9.84 Å². The molecule has 0 amide bonds. The van der Waals surface area contributed by atoms with Crippen LogP contribution in [-0.4, -0.2) is 30.0 Å². The molecule has 0 aromatic rings. The Morgan fingerprint density at radius 2 is 2.07 bits per heavy atom. The van der Waals surface area contributed by atoms with Crippen LogP contribution in [0.15, 0.2) is 11.6 Å². The maximum absolute atomic E-state index is 11.9. The molecule has 0 radical (unpaired) electrons. The highest BCUT2D eigenvalue weighted by Crippen LogP contribution is 2.22. The molecular formula is C8H11F3O3. The molecular weight excluding hydrogens is 201 g/mol. The first-order chi connectivity index (χ1) is 6.25. The molecule has 0 aliphatic carbocycles. The molecule has 0 bridgehead atoms. The molecule has 0 heterocycles. The van der Waals surface area contributed by atoms with Crippen LogP contribution in [0.2, 0.25) is 0 Å². The zero-order chi connectivity index (χ0) is 11.4. The second-order valence-corrected chi connectivity index (χ2v) is 2.71. The summed E-state index contributed by atoms with van der Waals surface area (Å²) in [5.41, 5.74) is -0.0422. The summed E-state index contributed by atoms with van der Waals surface area (Å²) in [7, 11) is 0. The molecule has 3 nitrogen and oxygen atoms in total. The summed E-state index contributed by atoms with van der Waals surface area (Å²) in [5.74, 6) is -1.17.